The van der Waals surface area contributed by atoms with E-state index < -0.39 is 0 Å². The molecule has 0 bridgehead atoms. The van der Waals surface area contributed by atoms with Crippen molar-refractivity contribution in [2.24, 2.45) is 0 Å². The number of nitrogen functional groups attached to an aromatic ring is 1. The zero-order valence-corrected chi connectivity index (χ0v) is 11.0. The van der Waals surface area contributed by atoms with E-state index in [9.17, 15) is 0 Å². The van der Waals surface area contributed by atoms with Gasteiger partial charge in [0.05, 0.1) is 7.11 Å². The van der Waals surface area contributed by atoms with E-state index in [2.05, 4.69) is 27.1 Å². The van der Waals surface area contributed by atoms with Crippen LogP contribution in [0.15, 0.2) is 6.33 Å². The minimum atomic E-state index is 0.296. The molecule has 0 amide bonds. The summed E-state index contributed by atoms with van der Waals surface area (Å²) in [6, 6.07) is 0.296. The molecule has 1 fully saturated rings. The highest BCUT2D eigenvalue weighted by Gasteiger charge is 2.16. The fourth-order valence-corrected chi connectivity index (χ4v) is 2.29. The molecule has 6 heteroatoms. The molecule has 6 nitrogen and oxygen atoms in total. The molecule has 18 heavy (non-hydrogen) atoms. The predicted molar refractivity (Wildman–Crippen MR) is 71.8 cm³/mol. The molecular formula is C12H21N5O. The zero-order valence-electron chi connectivity index (χ0n) is 11.0. The van der Waals surface area contributed by atoms with Gasteiger partial charge in [-0.15, -0.1) is 0 Å². The van der Waals surface area contributed by atoms with Crippen molar-refractivity contribution in [3.05, 3.63) is 6.33 Å². The molecule has 1 aromatic rings. The van der Waals surface area contributed by atoms with Crippen molar-refractivity contribution < 1.29 is 4.74 Å². The minimum Gasteiger partial charge on any atom is -0.479 e. The maximum Gasteiger partial charge on any atom is 0.242 e. The van der Waals surface area contributed by atoms with Gasteiger partial charge in [0.2, 0.25) is 5.88 Å². The molecule has 100 valence electrons. The number of nitrogens with one attached hydrogen (secondary N) is 1. The molecule has 1 unspecified atom stereocenters. The minimum absolute atomic E-state index is 0.296. The van der Waals surface area contributed by atoms with Crippen LogP contribution >= 0.6 is 0 Å². The van der Waals surface area contributed by atoms with Crippen LogP contribution < -0.4 is 15.8 Å². The fourth-order valence-electron chi connectivity index (χ4n) is 2.29. The molecule has 1 aliphatic heterocycles. The molecule has 2 heterocycles. The molecule has 0 saturated carbocycles. The Balaban J connectivity index is 1.95. The Morgan fingerprint density at radius 2 is 2.17 bits per heavy atom. The molecule has 1 aliphatic rings. The van der Waals surface area contributed by atoms with Crippen LogP contribution in [0.1, 0.15) is 19.8 Å². The predicted octanol–water partition coefficient (Wildman–Crippen LogP) is 0.964. The van der Waals surface area contributed by atoms with E-state index in [1.165, 1.54) is 32.3 Å². The van der Waals surface area contributed by atoms with Gasteiger partial charge in [-0.2, -0.15) is 4.98 Å². The Labute approximate surface area is 108 Å². The van der Waals surface area contributed by atoms with Gasteiger partial charge in [-0.1, -0.05) is 0 Å². The summed E-state index contributed by atoms with van der Waals surface area (Å²) < 4.78 is 5.07. The van der Waals surface area contributed by atoms with Gasteiger partial charge >= 0.3 is 0 Å². The van der Waals surface area contributed by atoms with Crippen LogP contribution in [0.5, 0.6) is 5.88 Å². The number of likely N-dealkylation sites (tertiary alicyclic amines) is 1. The van der Waals surface area contributed by atoms with Crippen LogP contribution in [0.25, 0.3) is 0 Å². The SMILES string of the molecule is COc1ncnc(NC(C)CN2CCCC2)c1N. The summed E-state index contributed by atoms with van der Waals surface area (Å²) in [6.07, 6.45) is 4.06. The quantitative estimate of drug-likeness (QED) is 0.812. The lowest BCUT2D eigenvalue weighted by atomic mass is 10.3. The molecular weight excluding hydrogens is 230 g/mol. The Hall–Kier alpha value is -1.56. The monoisotopic (exact) mass is 251 g/mol. The van der Waals surface area contributed by atoms with Crippen molar-refractivity contribution in [1.82, 2.24) is 14.9 Å². The summed E-state index contributed by atoms with van der Waals surface area (Å²) in [5.74, 6) is 1.06. The number of hydrogen-bond acceptors (Lipinski definition) is 6. The Morgan fingerprint density at radius 1 is 1.44 bits per heavy atom. The van der Waals surface area contributed by atoms with E-state index >= 15 is 0 Å². The van der Waals surface area contributed by atoms with Crippen LogP contribution in [0, 0.1) is 0 Å². The van der Waals surface area contributed by atoms with Gasteiger partial charge in [0.25, 0.3) is 0 Å². The van der Waals surface area contributed by atoms with E-state index in [4.69, 9.17) is 10.5 Å². The number of anilines is 2. The maximum absolute atomic E-state index is 5.92. The first kappa shape index (κ1) is 12.9. The number of rotatable bonds is 5. The van der Waals surface area contributed by atoms with Crippen molar-refractivity contribution in [2.75, 3.05) is 37.8 Å². The van der Waals surface area contributed by atoms with Gasteiger partial charge in [-0.25, -0.2) is 4.98 Å². The first-order valence-electron chi connectivity index (χ1n) is 6.34. The molecule has 0 aliphatic carbocycles. The van der Waals surface area contributed by atoms with Crippen LogP contribution in [-0.2, 0) is 0 Å². The molecule has 0 aromatic carbocycles. The van der Waals surface area contributed by atoms with E-state index in [1.807, 2.05) is 0 Å². The van der Waals surface area contributed by atoms with Gasteiger partial charge in [0.1, 0.15) is 12.0 Å². The van der Waals surface area contributed by atoms with Gasteiger partial charge in [0, 0.05) is 12.6 Å². The summed E-state index contributed by atoms with van der Waals surface area (Å²) in [6.45, 7) is 5.52. The van der Waals surface area contributed by atoms with E-state index in [0.717, 1.165) is 6.54 Å². The lowest BCUT2D eigenvalue weighted by molar-refractivity contribution is 0.327. The molecule has 2 rings (SSSR count). The van der Waals surface area contributed by atoms with Gasteiger partial charge in [-0.05, 0) is 32.9 Å². The standard InChI is InChI=1S/C12H21N5O/c1-9(7-17-5-3-4-6-17)16-11-10(13)12(18-2)15-8-14-11/h8-9H,3-7,13H2,1-2H3,(H,14,15,16). The third-order valence-electron chi connectivity index (χ3n) is 3.15. The molecule has 3 N–H and O–H groups in total. The summed E-state index contributed by atoms with van der Waals surface area (Å²) >= 11 is 0. The fraction of sp³-hybridized carbons (Fsp3) is 0.667. The largest absolute Gasteiger partial charge is 0.479 e. The summed E-state index contributed by atoms with van der Waals surface area (Å²) in [5.41, 5.74) is 6.39. The normalized spacial score (nSPS) is 17.7. The van der Waals surface area contributed by atoms with Crippen LogP contribution in [0.3, 0.4) is 0 Å². The summed E-state index contributed by atoms with van der Waals surface area (Å²) in [7, 11) is 1.55. The Bertz CT molecular complexity index is 392. The molecule has 1 aromatic heterocycles. The van der Waals surface area contributed by atoms with Gasteiger partial charge in [0.15, 0.2) is 5.82 Å². The van der Waals surface area contributed by atoms with Crippen molar-refractivity contribution >= 4 is 11.5 Å². The van der Waals surface area contributed by atoms with Crippen molar-refractivity contribution in [3.8, 4) is 5.88 Å². The van der Waals surface area contributed by atoms with Crippen molar-refractivity contribution in [1.29, 1.82) is 0 Å². The van der Waals surface area contributed by atoms with Gasteiger partial charge < -0.3 is 20.7 Å². The number of hydrogen-bond donors (Lipinski definition) is 2. The smallest absolute Gasteiger partial charge is 0.242 e. The van der Waals surface area contributed by atoms with E-state index in [-0.39, 0.29) is 0 Å². The average Bonchev–Trinajstić information content (AvgIpc) is 2.84. The van der Waals surface area contributed by atoms with Crippen LogP contribution in [0.2, 0.25) is 0 Å². The highest BCUT2D eigenvalue weighted by molar-refractivity contribution is 5.66. The highest BCUT2D eigenvalue weighted by atomic mass is 16.5. The molecule has 1 atom stereocenters. The Morgan fingerprint density at radius 3 is 2.83 bits per heavy atom. The molecule has 0 radical (unpaired) electrons. The summed E-state index contributed by atoms with van der Waals surface area (Å²) in [5, 5.41) is 3.31. The second kappa shape index (κ2) is 5.86. The van der Waals surface area contributed by atoms with Crippen molar-refractivity contribution in [3.63, 3.8) is 0 Å². The maximum atomic E-state index is 5.92. The lowest BCUT2D eigenvalue weighted by Crippen LogP contribution is -2.33. The second-order valence-corrected chi connectivity index (χ2v) is 4.70. The number of methoxy groups -OCH3 is 1. The number of aromatic nitrogens is 2. The lowest BCUT2D eigenvalue weighted by Gasteiger charge is -2.22. The number of nitrogens with two attached hydrogens (primary N) is 1. The first-order valence-corrected chi connectivity index (χ1v) is 6.34. The molecule has 1 saturated heterocycles. The van der Waals surface area contributed by atoms with Gasteiger partial charge in [-0.3, -0.25) is 0 Å². The zero-order chi connectivity index (χ0) is 13.0. The second-order valence-electron chi connectivity index (χ2n) is 4.70. The van der Waals surface area contributed by atoms with Crippen molar-refractivity contribution in [2.45, 2.75) is 25.8 Å². The van der Waals surface area contributed by atoms with E-state index in [0.29, 0.717) is 23.4 Å². The number of ether oxygens (including phenoxy) is 1. The van der Waals surface area contributed by atoms with Crippen LogP contribution in [-0.4, -0.2) is 47.7 Å². The third-order valence-corrected chi connectivity index (χ3v) is 3.15. The van der Waals surface area contributed by atoms with Crippen LogP contribution in [0.4, 0.5) is 11.5 Å². The summed E-state index contributed by atoms with van der Waals surface area (Å²) in [4.78, 5) is 10.6. The average molecular weight is 251 g/mol. The first-order chi connectivity index (χ1) is 8.70. The Kier molecular flexibility index (Phi) is 4.19. The molecule has 0 spiro atoms. The number of nitrogens with zero attached hydrogens (tertiary/aromatic N) is 3. The topological polar surface area (TPSA) is 76.3 Å². The third kappa shape index (κ3) is 3.01. The highest BCUT2D eigenvalue weighted by Crippen LogP contribution is 2.24. The van der Waals surface area contributed by atoms with E-state index in [1.54, 1.807) is 7.11 Å².